The fourth-order valence-electron chi connectivity index (χ4n) is 1.59. The van der Waals surface area contributed by atoms with E-state index in [1.807, 2.05) is 32.0 Å². The zero-order valence-corrected chi connectivity index (χ0v) is 7.83. The molecule has 1 aromatic rings. The summed E-state index contributed by atoms with van der Waals surface area (Å²) in [4.78, 5) is 11.5. The fourth-order valence-corrected chi connectivity index (χ4v) is 1.59. The summed E-state index contributed by atoms with van der Waals surface area (Å²) >= 11 is 0. The molecule has 1 atom stereocenters. The zero-order valence-electron chi connectivity index (χ0n) is 7.83. The van der Waals surface area contributed by atoms with Gasteiger partial charge in [0.2, 0.25) is 0 Å². The number of ketones is 1. The standard InChI is InChI=1S/C11H12O2/c1-7-3-4-9-10(12)6-8(2)13-11(9)5-7/h3-5,8H,6H2,1-2H3. The van der Waals surface area contributed by atoms with Gasteiger partial charge in [-0.2, -0.15) is 0 Å². The summed E-state index contributed by atoms with van der Waals surface area (Å²) in [5.41, 5.74) is 1.85. The van der Waals surface area contributed by atoms with Gasteiger partial charge in [-0.3, -0.25) is 4.79 Å². The van der Waals surface area contributed by atoms with Gasteiger partial charge in [0.15, 0.2) is 5.78 Å². The van der Waals surface area contributed by atoms with Crippen LogP contribution in [0.2, 0.25) is 0 Å². The molecule has 68 valence electrons. The summed E-state index contributed by atoms with van der Waals surface area (Å²) in [6, 6.07) is 5.71. The number of hydrogen-bond acceptors (Lipinski definition) is 2. The molecule has 1 heterocycles. The number of Topliss-reactive ketones (excluding diaryl/α,β-unsaturated/α-hetero) is 1. The second-order valence-corrected chi connectivity index (χ2v) is 3.56. The van der Waals surface area contributed by atoms with Crippen LogP contribution in [0.5, 0.6) is 5.75 Å². The van der Waals surface area contributed by atoms with E-state index >= 15 is 0 Å². The lowest BCUT2D eigenvalue weighted by Crippen LogP contribution is -2.23. The zero-order chi connectivity index (χ0) is 9.42. The molecule has 1 aliphatic rings. The highest BCUT2D eigenvalue weighted by Crippen LogP contribution is 2.28. The molecule has 0 saturated carbocycles. The van der Waals surface area contributed by atoms with Crippen LogP contribution in [0.4, 0.5) is 0 Å². The van der Waals surface area contributed by atoms with E-state index in [1.165, 1.54) is 0 Å². The molecule has 0 saturated heterocycles. The van der Waals surface area contributed by atoms with Gasteiger partial charge in [0.05, 0.1) is 5.56 Å². The molecule has 13 heavy (non-hydrogen) atoms. The maximum atomic E-state index is 11.5. The Labute approximate surface area is 77.5 Å². The molecule has 0 aliphatic carbocycles. The monoisotopic (exact) mass is 176 g/mol. The highest BCUT2D eigenvalue weighted by atomic mass is 16.5. The molecule has 2 nitrogen and oxygen atoms in total. The predicted molar refractivity (Wildman–Crippen MR) is 50.2 cm³/mol. The maximum Gasteiger partial charge on any atom is 0.170 e. The van der Waals surface area contributed by atoms with E-state index in [-0.39, 0.29) is 11.9 Å². The Hall–Kier alpha value is -1.31. The second kappa shape index (κ2) is 2.87. The molecular weight excluding hydrogens is 164 g/mol. The van der Waals surface area contributed by atoms with Gasteiger partial charge in [-0.25, -0.2) is 0 Å². The Balaban J connectivity index is 2.49. The second-order valence-electron chi connectivity index (χ2n) is 3.56. The van der Waals surface area contributed by atoms with Crippen LogP contribution in [-0.4, -0.2) is 11.9 Å². The largest absolute Gasteiger partial charge is 0.489 e. The molecule has 0 aromatic heterocycles. The first-order chi connectivity index (χ1) is 6.16. The number of carbonyl (C=O) groups is 1. The van der Waals surface area contributed by atoms with E-state index in [0.717, 1.165) is 16.9 Å². The van der Waals surface area contributed by atoms with Crippen molar-refractivity contribution in [3.63, 3.8) is 0 Å². The third-order valence-corrected chi connectivity index (χ3v) is 2.24. The van der Waals surface area contributed by atoms with Gasteiger partial charge in [-0.15, -0.1) is 0 Å². The van der Waals surface area contributed by atoms with E-state index in [4.69, 9.17) is 4.74 Å². The minimum absolute atomic E-state index is 0.0156. The summed E-state index contributed by atoms with van der Waals surface area (Å²) in [5, 5.41) is 0. The molecule has 1 unspecified atom stereocenters. The molecular formula is C11H12O2. The molecule has 2 heteroatoms. The van der Waals surface area contributed by atoms with Crippen molar-refractivity contribution in [2.75, 3.05) is 0 Å². The minimum atomic E-state index is 0.0156. The van der Waals surface area contributed by atoms with Crippen molar-refractivity contribution in [3.8, 4) is 5.75 Å². The lowest BCUT2D eigenvalue weighted by molar-refractivity contribution is 0.0871. The van der Waals surface area contributed by atoms with Crippen LogP contribution < -0.4 is 4.74 Å². The van der Waals surface area contributed by atoms with Crippen molar-refractivity contribution in [1.29, 1.82) is 0 Å². The van der Waals surface area contributed by atoms with E-state index in [9.17, 15) is 4.79 Å². The molecule has 0 radical (unpaired) electrons. The van der Waals surface area contributed by atoms with Crippen LogP contribution in [0.3, 0.4) is 0 Å². The van der Waals surface area contributed by atoms with Crippen LogP contribution in [0.25, 0.3) is 0 Å². The van der Waals surface area contributed by atoms with Crippen LogP contribution in [-0.2, 0) is 0 Å². The highest BCUT2D eigenvalue weighted by Gasteiger charge is 2.22. The Bertz CT molecular complexity index is 355. The van der Waals surface area contributed by atoms with Gasteiger partial charge >= 0.3 is 0 Å². The van der Waals surface area contributed by atoms with Crippen molar-refractivity contribution in [3.05, 3.63) is 29.3 Å². The number of benzene rings is 1. The average Bonchev–Trinajstić information content (AvgIpc) is 2.02. The lowest BCUT2D eigenvalue weighted by Gasteiger charge is -2.22. The molecule has 1 aliphatic heterocycles. The molecule has 2 rings (SSSR count). The van der Waals surface area contributed by atoms with Gasteiger partial charge in [-0.05, 0) is 31.5 Å². The van der Waals surface area contributed by atoms with Crippen molar-refractivity contribution in [1.82, 2.24) is 0 Å². The first-order valence-electron chi connectivity index (χ1n) is 4.47. The quantitative estimate of drug-likeness (QED) is 0.606. The number of hydrogen-bond donors (Lipinski definition) is 0. The molecule has 0 bridgehead atoms. The predicted octanol–water partition coefficient (Wildman–Crippen LogP) is 2.35. The average molecular weight is 176 g/mol. The Morgan fingerprint density at radius 2 is 2.23 bits per heavy atom. The van der Waals surface area contributed by atoms with Crippen molar-refractivity contribution < 1.29 is 9.53 Å². The van der Waals surface area contributed by atoms with Gasteiger partial charge in [0, 0.05) is 6.42 Å². The molecule has 0 spiro atoms. The Morgan fingerprint density at radius 3 is 3.00 bits per heavy atom. The highest BCUT2D eigenvalue weighted by molar-refractivity contribution is 5.99. The number of fused-ring (bicyclic) bond motifs is 1. The van der Waals surface area contributed by atoms with Crippen LogP contribution in [0.1, 0.15) is 29.3 Å². The molecule has 0 N–H and O–H groups in total. The van der Waals surface area contributed by atoms with Gasteiger partial charge < -0.3 is 4.74 Å². The van der Waals surface area contributed by atoms with E-state index in [2.05, 4.69) is 0 Å². The van der Waals surface area contributed by atoms with Crippen LogP contribution >= 0.6 is 0 Å². The van der Waals surface area contributed by atoms with Crippen molar-refractivity contribution in [2.45, 2.75) is 26.4 Å². The van der Waals surface area contributed by atoms with Crippen molar-refractivity contribution in [2.24, 2.45) is 0 Å². The summed E-state index contributed by atoms with van der Waals surface area (Å²) in [6.07, 6.45) is 0.512. The number of ether oxygens (including phenoxy) is 1. The molecule has 0 fully saturated rings. The fraction of sp³-hybridized carbons (Fsp3) is 0.364. The number of carbonyl (C=O) groups excluding carboxylic acids is 1. The number of rotatable bonds is 0. The minimum Gasteiger partial charge on any atom is -0.489 e. The third kappa shape index (κ3) is 1.44. The summed E-state index contributed by atoms with van der Waals surface area (Å²) < 4.78 is 5.56. The smallest absolute Gasteiger partial charge is 0.170 e. The van der Waals surface area contributed by atoms with Crippen LogP contribution in [0, 0.1) is 6.92 Å². The lowest BCUT2D eigenvalue weighted by atomic mass is 10.0. The van der Waals surface area contributed by atoms with E-state index in [0.29, 0.717) is 6.42 Å². The summed E-state index contributed by atoms with van der Waals surface area (Å²) in [7, 11) is 0. The Kier molecular flexibility index (Phi) is 1.83. The summed E-state index contributed by atoms with van der Waals surface area (Å²) in [5.74, 6) is 0.928. The van der Waals surface area contributed by atoms with Gasteiger partial charge in [0.25, 0.3) is 0 Å². The first-order valence-corrected chi connectivity index (χ1v) is 4.47. The number of aryl methyl sites for hydroxylation is 1. The van der Waals surface area contributed by atoms with Crippen molar-refractivity contribution >= 4 is 5.78 Å². The normalized spacial score (nSPS) is 20.8. The first kappa shape index (κ1) is 8.30. The maximum absolute atomic E-state index is 11.5. The molecule has 1 aromatic carbocycles. The SMILES string of the molecule is Cc1ccc2c(c1)OC(C)CC2=O. The Morgan fingerprint density at radius 1 is 1.46 bits per heavy atom. The van der Waals surface area contributed by atoms with Gasteiger partial charge in [0.1, 0.15) is 11.9 Å². The third-order valence-electron chi connectivity index (χ3n) is 2.24. The molecule has 0 amide bonds. The van der Waals surface area contributed by atoms with E-state index in [1.54, 1.807) is 0 Å². The van der Waals surface area contributed by atoms with Crippen LogP contribution in [0.15, 0.2) is 18.2 Å². The van der Waals surface area contributed by atoms with Gasteiger partial charge in [-0.1, -0.05) is 6.07 Å². The van der Waals surface area contributed by atoms with E-state index < -0.39 is 0 Å². The topological polar surface area (TPSA) is 26.3 Å². The summed E-state index contributed by atoms with van der Waals surface area (Å²) in [6.45, 7) is 3.91.